The van der Waals surface area contributed by atoms with E-state index in [1.807, 2.05) is 60.5 Å². The van der Waals surface area contributed by atoms with E-state index in [9.17, 15) is 14.0 Å². The Morgan fingerprint density at radius 3 is 2.41 bits per heavy atom. The van der Waals surface area contributed by atoms with E-state index in [0.717, 1.165) is 29.7 Å². The molecule has 196 valence electrons. The third-order valence-electron chi connectivity index (χ3n) is 6.60. The summed E-state index contributed by atoms with van der Waals surface area (Å²) in [4.78, 5) is 30.2. The molecule has 1 aliphatic carbocycles. The van der Waals surface area contributed by atoms with Crippen molar-refractivity contribution in [3.05, 3.63) is 95.6 Å². The van der Waals surface area contributed by atoms with Gasteiger partial charge in [-0.1, -0.05) is 42.5 Å². The first-order chi connectivity index (χ1) is 18.0. The van der Waals surface area contributed by atoms with Crippen LogP contribution in [0, 0.1) is 11.7 Å². The van der Waals surface area contributed by atoms with E-state index in [1.165, 1.54) is 12.1 Å². The molecular formula is C30H36FN3O3. The maximum absolute atomic E-state index is 13.7. The maximum Gasteiger partial charge on any atom is 0.242 e. The molecule has 1 heterocycles. The highest BCUT2D eigenvalue weighted by Gasteiger charge is 2.34. The van der Waals surface area contributed by atoms with Crippen LogP contribution in [-0.4, -0.2) is 52.5 Å². The highest BCUT2D eigenvalue weighted by atomic mass is 19.1. The monoisotopic (exact) mass is 505 g/mol. The van der Waals surface area contributed by atoms with Crippen LogP contribution in [0.4, 0.5) is 4.39 Å². The van der Waals surface area contributed by atoms with E-state index in [1.54, 1.807) is 17.0 Å². The third-order valence-corrected chi connectivity index (χ3v) is 6.60. The molecule has 4 rings (SSSR count). The lowest BCUT2D eigenvalue weighted by Gasteiger charge is -2.28. The van der Waals surface area contributed by atoms with Crippen LogP contribution < -0.4 is 0 Å². The van der Waals surface area contributed by atoms with Crippen molar-refractivity contribution in [2.75, 3.05) is 26.3 Å². The Bertz CT molecular complexity index is 1140. The highest BCUT2D eigenvalue weighted by Crippen LogP contribution is 2.31. The summed E-state index contributed by atoms with van der Waals surface area (Å²) in [6.07, 6.45) is 4.48. The summed E-state index contributed by atoms with van der Waals surface area (Å²) in [6, 6.07) is 20.3. The number of hydrogen-bond acceptors (Lipinski definition) is 3. The number of carbonyl (C=O) groups is 2. The van der Waals surface area contributed by atoms with Crippen LogP contribution in [0.15, 0.2) is 72.9 Å². The first-order valence-corrected chi connectivity index (χ1v) is 13.1. The van der Waals surface area contributed by atoms with Gasteiger partial charge in [-0.25, -0.2) is 4.39 Å². The number of halogens is 1. The second-order valence-corrected chi connectivity index (χ2v) is 9.57. The molecular weight excluding hydrogens is 469 g/mol. The molecule has 37 heavy (non-hydrogen) atoms. The van der Waals surface area contributed by atoms with Crippen molar-refractivity contribution in [1.82, 2.24) is 14.4 Å². The minimum absolute atomic E-state index is 0.0513. The van der Waals surface area contributed by atoms with Gasteiger partial charge in [0.05, 0.1) is 13.1 Å². The molecule has 0 saturated heterocycles. The van der Waals surface area contributed by atoms with Crippen molar-refractivity contribution in [3.8, 4) is 0 Å². The Kier molecular flexibility index (Phi) is 9.49. The molecule has 1 fully saturated rings. The van der Waals surface area contributed by atoms with Gasteiger partial charge in [-0.2, -0.15) is 0 Å². The molecule has 1 saturated carbocycles. The number of benzene rings is 2. The zero-order chi connectivity index (χ0) is 26.0. The fourth-order valence-electron chi connectivity index (χ4n) is 4.39. The number of carbonyl (C=O) groups excluding carboxylic acids is 2. The third kappa shape index (κ3) is 8.02. The largest absolute Gasteiger partial charge is 0.382 e. The normalized spacial score (nSPS) is 12.9. The lowest BCUT2D eigenvalue weighted by atomic mass is 10.2. The Labute approximate surface area is 218 Å². The zero-order valence-electron chi connectivity index (χ0n) is 21.5. The standard InChI is InChI=1S/C30H36FN3O3/c1-2-37-19-7-18-33(30(36)26-13-14-26)23-29(35)34(21-24-8-4-3-5-9-24)22-28-10-6-17-32(28)20-25-11-15-27(31)16-12-25/h3-6,8-12,15-17,26H,2,7,13-14,18-23H2,1H3. The van der Waals surface area contributed by atoms with E-state index in [2.05, 4.69) is 4.57 Å². The molecule has 0 spiro atoms. The van der Waals surface area contributed by atoms with Crippen LogP contribution in [0.1, 0.15) is 43.0 Å². The van der Waals surface area contributed by atoms with Crippen LogP contribution in [0.25, 0.3) is 0 Å². The van der Waals surface area contributed by atoms with Crippen LogP contribution in [-0.2, 0) is 34.0 Å². The van der Waals surface area contributed by atoms with Crippen molar-refractivity contribution in [2.24, 2.45) is 5.92 Å². The van der Waals surface area contributed by atoms with Gasteiger partial charge in [-0.15, -0.1) is 0 Å². The number of aromatic nitrogens is 1. The van der Waals surface area contributed by atoms with E-state index in [0.29, 0.717) is 45.8 Å². The van der Waals surface area contributed by atoms with Crippen molar-refractivity contribution < 1.29 is 18.7 Å². The highest BCUT2D eigenvalue weighted by molar-refractivity contribution is 5.87. The van der Waals surface area contributed by atoms with E-state index in [4.69, 9.17) is 4.74 Å². The minimum Gasteiger partial charge on any atom is -0.382 e. The zero-order valence-corrected chi connectivity index (χ0v) is 21.5. The summed E-state index contributed by atoms with van der Waals surface area (Å²) in [7, 11) is 0. The van der Waals surface area contributed by atoms with Gasteiger partial charge in [0, 0.05) is 50.7 Å². The summed E-state index contributed by atoms with van der Waals surface area (Å²) in [5, 5.41) is 0. The second kappa shape index (κ2) is 13.2. The van der Waals surface area contributed by atoms with Crippen molar-refractivity contribution in [1.29, 1.82) is 0 Å². The molecule has 2 aromatic carbocycles. The lowest BCUT2D eigenvalue weighted by Crippen LogP contribution is -2.43. The Morgan fingerprint density at radius 1 is 0.946 bits per heavy atom. The van der Waals surface area contributed by atoms with Crippen LogP contribution in [0.3, 0.4) is 0 Å². The minimum atomic E-state index is -0.261. The lowest BCUT2D eigenvalue weighted by molar-refractivity contribution is -0.142. The molecule has 6 nitrogen and oxygen atoms in total. The fraction of sp³-hybridized carbons (Fsp3) is 0.400. The molecule has 0 N–H and O–H groups in total. The van der Waals surface area contributed by atoms with Crippen molar-refractivity contribution >= 4 is 11.8 Å². The average Bonchev–Trinajstić information content (AvgIpc) is 3.67. The summed E-state index contributed by atoms with van der Waals surface area (Å²) in [6.45, 7) is 5.18. The van der Waals surface area contributed by atoms with Gasteiger partial charge in [-0.3, -0.25) is 9.59 Å². The van der Waals surface area contributed by atoms with Gasteiger partial charge in [0.15, 0.2) is 0 Å². The second-order valence-electron chi connectivity index (χ2n) is 9.57. The molecule has 1 aromatic heterocycles. The predicted molar refractivity (Wildman–Crippen MR) is 141 cm³/mol. The summed E-state index contributed by atoms with van der Waals surface area (Å²) < 4.78 is 20.9. The number of nitrogens with zero attached hydrogens (tertiary/aromatic N) is 3. The summed E-state index contributed by atoms with van der Waals surface area (Å²) >= 11 is 0. The van der Waals surface area contributed by atoms with Crippen LogP contribution in [0.5, 0.6) is 0 Å². The van der Waals surface area contributed by atoms with Crippen molar-refractivity contribution in [2.45, 2.75) is 45.8 Å². The Morgan fingerprint density at radius 2 is 1.70 bits per heavy atom. The van der Waals surface area contributed by atoms with Gasteiger partial charge in [0.2, 0.25) is 11.8 Å². The molecule has 0 atom stereocenters. The van der Waals surface area contributed by atoms with Gasteiger partial charge in [0.1, 0.15) is 5.82 Å². The van der Waals surface area contributed by atoms with Gasteiger partial charge in [-0.05, 0) is 61.6 Å². The number of amides is 2. The van der Waals surface area contributed by atoms with Gasteiger partial charge in [0.25, 0.3) is 0 Å². The Balaban J connectivity index is 1.49. The average molecular weight is 506 g/mol. The molecule has 3 aromatic rings. The molecule has 0 radical (unpaired) electrons. The molecule has 0 aliphatic heterocycles. The number of hydrogen-bond donors (Lipinski definition) is 0. The van der Waals surface area contributed by atoms with Gasteiger partial charge >= 0.3 is 0 Å². The molecule has 7 heteroatoms. The smallest absolute Gasteiger partial charge is 0.242 e. The molecule has 0 bridgehead atoms. The van der Waals surface area contributed by atoms with E-state index in [-0.39, 0.29) is 30.1 Å². The fourth-order valence-corrected chi connectivity index (χ4v) is 4.39. The summed E-state index contributed by atoms with van der Waals surface area (Å²) in [5.41, 5.74) is 2.99. The molecule has 1 aliphatic rings. The maximum atomic E-state index is 13.7. The van der Waals surface area contributed by atoms with Crippen LogP contribution >= 0.6 is 0 Å². The molecule has 2 amide bonds. The quantitative estimate of drug-likeness (QED) is 0.294. The molecule has 0 unspecified atom stereocenters. The van der Waals surface area contributed by atoms with Gasteiger partial charge < -0.3 is 19.1 Å². The number of ether oxygens (including phenoxy) is 1. The Hall–Kier alpha value is -3.45. The first-order valence-electron chi connectivity index (χ1n) is 13.1. The first kappa shape index (κ1) is 26.6. The van der Waals surface area contributed by atoms with E-state index < -0.39 is 0 Å². The van der Waals surface area contributed by atoms with Crippen molar-refractivity contribution in [3.63, 3.8) is 0 Å². The number of rotatable bonds is 14. The SMILES string of the molecule is CCOCCCN(CC(=O)N(Cc1ccccc1)Cc1cccn1Cc1ccc(F)cc1)C(=O)C1CC1. The summed E-state index contributed by atoms with van der Waals surface area (Å²) in [5.74, 6) is -0.217. The topological polar surface area (TPSA) is 54.8 Å². The van der Waals surface area contributed by atoms with Crippen LogP contribution in [0.2, 0.25) is 0 Å². The predicted octanol–water partition coefficient (Wildman–Crippen LogP) is 4.87. The van der Waals surface area contributed by atoms with E-state index >= 15 is 0 Å².